The molecule has 0 bridgehead atoms. The molecule has 0 saturated carbocycles. The van der Waals surface area contributed by atoms with Gasteiger partial charge < -0.3 is 14.6 Å². The van der Waals surface area contributed by atoms with E-state index in [1.165, 1.54) is 36.6 Å². The molecule has 0 atom stereocenters. The van der Waals surface area contributed by atoms with Crippen LogP contribution in [-0.2, 0) is 12.8 Å². The van der Waals surface area contributed by atoms with E-state index in [1.54, 1.807) is 6.07 Å². The van der Waals surface area contributed by atoms with Crippen LogP contribution >= 0.6 is 0 Å². The van der Waals surface area contributed by atoms with Gasteiger partial charge in [-0.05, 0) is 51.5 Å². The minimum Gasteiger partial charge on any atom is -0.472 e. The lowest BCUT2D eigenvalue weighted by atomic mass is 9.95. The summed E-state index contributed by atoms with van der Waals surface area (Å²) < 4.78 is 4.98. The molecule has 132 valence electrons. The molecule has 6 nitrogen and oxygen atoms in total. The number of fused-ring (bicyclic) bond motifs is 1. The van der Waals surface area contributed by atoms with Gasteiger partial charge in [0.25, 0.3) is 5.91 Å². The third-order valence-electron chi connectivity index (χ3n) is 5.19. The quantitative estimate of drug-likeness (QED) is 0.930. The number of piperidine rings is 1. The highest BCUT2D eigenvalue weighted by Crippen LogP contribution is 2.29. The maximum atomic E-state index is 12.2. The molecule has 1 N–H and O–H groups in total. The number of hydrogen-bond acceptors (Lipinski definition) is 5. The van der Waals surface area contributed by atoms with Crippen molar-refractivity contribution >= 4 is 11.7 Å². The molecule has 1 saturated heterocycles. The van der Waals surface area contributed by atoms with Crippen molar-refractivity contribution in [2.75, 3.05) is 18.0 Å². The Kier molecular flexibility index (Phi) is 4.42. The molecule has 4 rings (SSSR count). The number of anilines is 1. The van der Waals surface area contributed by atoms with Crippen LogP contribution in [0.1, 0.15) is 53.1 Å². The highest BCUT2D eigenvalue weighted by molar-refractivity contribution is 5.93. The molecule has 1 amide bonds. The van der Waals surface area contributed by atoms with Crippen molar-refractivity contribution in [3.05, 3.63) is 41.2 Å². The summed E-state index contributed by atoms with van der Waals surface area (Å²) in [6, 6.07) is 1.90. The van der Waals surface area contributed by atoms with Crippen LogP contribution in [0.3, 0.4) is 0 Å². The number of amides is 1. The Balaban J connectivity index is 1.42. The lowest BCUT2D eigenvalue weighted by Gasteiger charge is -2.35. The normalized spacial score (nSPS) is 18.0. The highest BCUT2D eigenvalue weighted by Gasteiger charge is 2.26. The molecule has 0 spiro atoms. The fourth-order valence-corrected chi connectivity index (χ4v) is 3.85. The second-order valence-corrected chi connectivity index (χ2v) is 6.97. The third-order valence-corrected chi connectivity index (χ3v) is 5.19. The Morgan fingerprint density at radius 1 is 1.24 bits per heavy atom. The zero-order chi connectivity index (χ0) is 17.2. The van der Waals surface area contributed by atoms with Gasteiger partial charge in [0, 0.05) is 30.4 Å². The Labute approximate surface area is 147 Å². The van der Waals surface area contributed by atoms with Crippen LogP contribution in [-0.4, -0.2) is 35.0 Å². The fourth-order valence-electron chi connectivity index (χ4n) is 3.85. The molecule has 25 heavy (non-hydrogen) atoms. The number of aromatic nitrogens is 2. The van der Waals surface area contributed by atoms with E-state index >= 15 is 0 Å². The molecule has 1 aliphatic heterocycles. The van der Waals surface area contributed by atoms with Gasteiger partial charge in [0.1, 0.15) is 17.9 Å². The fraction of sp³-hybridized carbons (Fsp3) is 0.526. The number of rotatable bonds is 3. The van der Waals surface area contributed by atoms with E-state index < -0.39 is 0 Å². The van der Waals surface area contributed by atoms with Crippen molar-refractivity contribution in [3.8, 4) is 0 Å². The number of aryl methyl sites for hydroxylation is 2. The minimum absolute atomic E-state index is 0.0533. The first-order chi connectivity index (χ1) is 12.2. The maximum absolute atomic E-state index is 12.2. The van der Waals surface area contributed by atoms with Crippen LogP contribution in [0.2, 0.25) is 0 Å². The number of hydrogen-bond donors (Lipinski definition) is 1. The summed E-state index contributed by atoms with van der Waals surface area (Å²) >= 11 is 0. The monoisotopic (exact) mass is 340 g/mol. The predicted molar refractivity (Wildman–Crippen MR) is 94.8 cm³/mol. The van der Waals surface area contributed by atoms with Crippen molar-refractivity contribution in [2.24, 2.45) is 0 Å². The van der Waals surface area contributed by atoms with Crippen LogP contribution in [0.25, 0.3) is 0 Å². The molecule has 2 aromatic heterocycles. The van der Waals surface area contributed by atoms with Crippen LogP contribution in [0, 0.1) is 6.92 Å². The highest BCUT2D eigenvalue weighted by atomic mass is 16.3. The van der Waals surface area contributed by atoms with Gasteiger partial charge in [-0.1, -0.05) is 0 Å². The Hall–Kier alpha value is -2.37. The van der Waals surface area contributed by atoms with Crippen LogP contribution in [0.15, 0.2) is 23.0 Å². The molecule has 6 heteroatoms. The number of carbonyl (C=O) groups excluding carboxylic acids is 1. The number of nitrogens with one attached hydrogen (secondary N) is 1. The molecule has 3 heterocycles. The van der Waals surface area contributed by atoms with E-state index in [4.69, 9.17) is 9.40 Å². The van der Waals surface area contributed by atoms with Gasteiger partial charge >= 0.3 is 0 Å². The smallest absolute Gasteiger partial charge is 0.254 e. The van der Waals surface area contributed by atoms with Crippen LogP contribution in [0.4, 0.5) is 5.82 Å². The van der Waals surface area contributed by atoms with E-state index in [0.717, 1.165) is 50.4 Å². The van der Waals surface area contributed by atoms with Crippen molar-refractivity contribution in [3.63, 3.8) is 0 Å². The van der Waals surface area contributed by atoms with Crippen LogP contribution < -0.4 is 10.2 Å². The Bertz CT molecular complexity index is 749. The topological polar surface area (TPSA) is 71.3 Å². The second-order valence-electron chi connectivity index (χ2n) is 6.97. The van der Waals surface area contributed by atoms with E-state index in [0.29, 0.717) is 5.56 Å². The largest absolute Gasteiger partial charge is 0.472 e. The zero-order valence-corrected chi connectivity index (χ0v) is 14.6. The van der Waals surface area contributed by atoms with Crippen molar-refractivity contribution in [2.45, 2.75) is 51.5 Å². The van der Waals surface area contributed by atoms with Gasteiger partial charge in [0.2, 0.25) is 0 Å². The summed E-state index contributed by atoms with van der Waals surface area (Å²) in [7, 11) is 0. The number of nitrogens with zero attached hydrogens (tertiary/aromatic N) is 3. The van der Waals surface area contributed by atoms with Gasteiger partial charge in [-0.15, -0.1) is 0 Å². The molecule has 0 radical (unpaired) electrons. The average molecular weight is 340 g/mol. The molecular formula is C19H24N4O2. The van der Waals surface area contributed by atoms with Gasteiger partial charge in [-0.25, -0.2) is 9.97 Å². The van der Waals surface area contributed by atoms with Gasteiger partial charge in [-0.2, -0.15) is 0 Å². The molecule has 2 aromatic rings. The Morgan fingerprint density at radius 2 is 2.04 bits per heavy atom. The lowest BCUT2D eigenvalue weighted by molar-refractivity contribution is 0.0930. The van der Waals surface area contributed by atoms with Gasteiger partial charge in [0.15, 0.2) is 0 Å². The van der Waals surface area contributed by atoms with Crippen molar-refractivity contribution in [1.29, 1.82) is 0 Å². The molecular weight excluding hydrogens is 316 g/mol. The molecule has 0 aromatic carbocycles. The molecule has 0 unspecified atom stereocenters. The number of furan rings is 1. The van der Waals surface area contributed by atoms with Gasteiger partial charge in [-0.3, -0.25) is 4.79 Å². The first-order valence-corrected chi connectivity index (χ1v) is 9.15. The summed E-state index contributed by atoms with van der Waals surface area (Å²) in [4.78, 5) is 23.9. The zero-order valence-electron chi connectivity index (χ0n) is 14.6. The van der Waals surface area contributed by atoms with E-state index in [-0.39, 0.29) is 11.9 Å². The summed E-state index contributed by atoms with van der Waals surface area (Å²) in [6.45, 7) is 3.81. The second kappa shape index (κ2) is 6.86. The summed E-state index contributed by atoms with van der Waals surface area (Å²) in [5.74, 6) is 1.94. The summed E-state index contributed by atoms with van der Waals surface area (Å²) in [5.41, 5.74) is 3.17. The Morgan fingerprint density at radius 3 is 2.80 bits per heavy atom. The SMILES string of the molecule is Cc1nc2c(c(N3CCC(NC(=O)c4ccoc4)CC3)n1)CCCC2. The van der Waals surface area contributed by atoms with Gasteiger partial charge in [0.05, 0.1) is 11.8 Å². The first kappa shape index (κ1) is 16.1. The standard InChI is InChI=1S/C19H24N4O2/c1-13-20-17-5-3-2-4-16(17)18(21-13)23-9-6-15(7-10-23)22-19(24)14-8-11-25-12-14/h8,11-12,15H,2-7,9-10H2,1H3,(H,22,24). The van der Waals surface area contributed by atoms with Crippen molar-refractivity contribution in [1.82, 2.24) is 15.3 Å². The minimum atomic E-state index is -0.0533. The summed E-state index contributed by atoms with van der Waals surface area (Å²) in [6.07, 6.45) is 9.49. The van der Waals surface area contributed by atoms with E-state index in [9.17, 15) is 4.79 Å². The lowest BCUT2D eigenvalue weighted by Crippen LogP contribution is -2.45. The average Bonchev–Trinajstić information content (AvgIpc) is 3.16. The van der Waals surface area contributed by atoms with E-state index in [2.05, 4.69) is 15.2 Å². The maximum Gasteiger partial charge on any atom is 0.254 e. The molecule has 2 aliphatic rings. The first-order valence-electron chi connectivity index (χ1n) is 9.15. The summed E-state index contributed by atoms with van der Waals surface area (Å²) in [5, 5.41) is 3.11. The molecule has 1 fully saturated rings. The predicted octanol–water partition coefficient (Wildman–Crippen LogP) is 2.66. The van der Waals surface area contributed by atoms with E-state index in [1.807, 2.05) is 6.92 Å². The van der Waals surface area contributed by atoms with Crippen LogP contribution in [0.5, 0.6) is 0 Å². The molecule has 1 aliphatic carbocycles. The third kappa shape index (κ3) is 3.38. The number of carbonyl (C=O) groups is 1. The van der Waals surface area contributed by atoms with Crippen molar-refractivity contribution < 1.29 is 9.21 Å².